The summed E-state index contributed by atoms with van der Waals surface area (Å²) in [5.74, 6) is -0.157. The maximum atomic E-state index is 10.8. The van der Waals surface area contributed by atoms with E-state index in [2.05, 4.69) is 4.74 Å². The summed E-state index contributed by atoms with van der Waals surface area (Å²) in [6.07, 6.45) is 6.72. The van der Waals surface area contributed by atoms with E-state index in [9.17, 15) is 4.79 Å². The first-order valence-corrected chi connectivity index (χ1v) is 5.02. The summed E-state index contributed by atoms with van der Waals surface area (Å²) in [7, 11) is 4.62. The SMILES string of the molecule is COC(=O)CCC/C=C\CC(OC)OC. The zero-order valence-electron chi connectivity index (χ0n) is 9.69. The smallest absolute Gasteiger partial charge is 0.305 e. The molecule has 0 aromatic heterocycles. The summed E-state index contributed by atoms with van der Waals surface area (Å²) < 4.78 is 14.6. The van der Waals surface area contributed by atoms with Gasteiger partial charge in [-0.3, -0.25) is 4.79 Å². The van der Waals surface area contributed by atoms with E-state index in [4.69, 9.17) is 9.47 Å². The molecular weight excluding hydrogens is 196 g/mol. The van der Waals surface area contributed by atoms with Gasteiger partial charge in [-0.05, 0) is 12.8 Å². The van der Waals surface area contributed by atoms with E-state index in [0.717, 1.165) is 19.3 Å². The van der Waals surface area contributed by atoms with Crippen LogP contribution in [-0.4, -0.2) is 33.6 Å². The first kappa shape index (κ1) is 14.1. The average molecular weight is 216 g/mol. The van der Waals surface area contributed by atoms with Crippen LogP contribution in [0.1, 0.15) is 25.7 Å². The Labute approximate surface area is 91.2 Å². The number of ether oxygens (including phenoxy) is 3. The normalized spacial score (nSPS) is 11.2. The van der Waals surface area contributed by atoms with Gasteiger partial charge in [-0.1, -0.05) is 12.2 Å². The number of hydrogen-bond acceptors (Lipinski definition) is 4. The van der Waals surface area contributed by atoms with Crippen molar-refractivity contribution in [1.29, 1.82) is 0 Å². The average Bonchev–Trinajstić information content (AvgIpc) is 2.28. The number of esters is 1. The molecule has 0 atom stereocenters. The van der Waals surface area contributed by atoms with Crippen molar-refractivity contribution < 1.29 is 19.0 Å². The summed E-state index contributed by atoms with van der Waals surface area (Å²) in [5.41, 5.74) is 0. The largest absolute Gasteiger partial charge is 0.469 e. The Morgan fingerprint density at radius 2 is 1.87 bits per heavy atom. The second-order valence-corrected chi connectivity index (χ2v) is 3.08. The Morgan fingerprint density at radius 3 is 2.40 bits per heavy atom. The van der Waals surface area contributed by atoms with Crippen LogP contribution in [0.15, 0.2) is 12.2 Å². The van der Waals surface area contributed by atoms with Gasteiger partial charge in [-0.2, -0.15) is 0 Å². The first-order chi connectivity index (χ1) is 7.24. The lowest BCUT2D eigenvalue weighted by molar-refractivity contribution is -0.140. The molecule has 0 bridgehead atoms. The highest BCUT2D eigenvalue weighted by molar-refractivity contribution is 5.68. The van der Waals surface area contributed by atoms with Crippen molar-refractivity contribution in [2.45, 2.75) is 32.0 Å². The van der Waals surface area contributed by atoms with Crippen molar-refractivity contribution >= 4 is 5.97 Å². The molecule has 0 aromatic rings. The fourth-order valence-electron chi connectivity index (χ4n) is 1.08. The molecule has 4 heteroatoms. The highest BCUT2D eigenvalue weighted by Gasteiger charge is 2.00. The molecule has 0 aliphatic carbocycles. The van der Waals surface area contributed by atoms with Crippen LogP contribution in [0.2, 0.25) is 0 Å². The number of carbonyl (C=O) groups excluding carboxylic acids is 1. The third-order valence-corrected chi connectivity index (χ3v) is 2.00. The lowest BCUT2D eigenvalue weighted by atomic mass is 10.2. The van der Waals surface area contributed by atoms with Crippen LogP contribution in [0.5, 0.6) is 0 Å². The van der Waals surface area contributed by atoms with E-state index in [1.165, 1.54) is 7.11 Å². The molecule has 0 spiro atoms. The quantitative estimate of drug-likeness (QED) is 0.269. The number of hydrogen-bond donors (Lipinski definition) is 0. The van der Waals surface area contributed by atoms with E-state index in [-0.39, 0.29) is 12.3 Å². The van der Waals surface area contributed by atoms with E-state index in [0.29, 0.717) is 6.42 Å². The molecule has 0 aliphatic heterocycles. The highest BCUT2D eigenvalue weighted by Crippen LogP contribution is 2.02. The number of rotatable bonds is 8. The molecule has 0 unspecified atom stereocenters. The summed E-state index contributed by atoms with van der Waals surface area (Å²) in [4.78, 5) is 10.8. The Morgan fingerprint density at radius 1 is 1.20 bits per heavy atom. The molecule has 0 radical (unpaired) electrons. The fourth-order valence-corrected chi connectivity index (χ4v) is 1.08. The Balaban J connectivity index is 3.42. The van der Waals surface area contributed by atoms with Crippen molar-refractivity contribution in [3.63, 3.8) is 0 Å². The summed E-state index contributed by atoms with van der Waals surface area (Å²) in [6.45, 7) is 0. The molecule has 0 fully saturated rings. The van der Waals surface area contributed by atoms with Crippen molar-refractivity contribution in [1.82, 2.24) is 0 Å². The van der Waals surface area contributed by atoms with E-state index < -0.39 is 0 Å². The molecular formula is C11H20O4. The van der Waals surface area contributed by atoms with Gasteiger partial charge in [-0.15, -0.1) is 0 Å². The standard InChI is InChI=1S/C11H20O4/c1-13-10(12)8-6-4-5-7-9-11(14-2)15-3/h5,7,11H,4,6,8-9H2,1-3H3/b7-5-. The lowest BCUT2D eigenvalue weighted by Crippen LogP contribution is -2.10. The van der Waals surface area contributed by atoms with Gasteiger partial charge < -0.3 is 14.2 Å². The number of allylic oxidation sites excluding steroid dienone is 1. The second-order valence-electron chi connectivity index (χ2n) is 3.08. The van der Waals surface area contributed by atoms with E-state index in [1.807, 2.05) is 12.2 Å². The first-order valence-electron chi connectivity index (χ1n) is 5.02. The van der Waals surface area contributed by atoms with Gasteiger partial charge in [0.1, 0.15) is 0 Å². The van der Waals surface area contributed by atoms with Crippen molar-refractivity contribution in [3.05, 3.63) is 12.2 Å². The minimum absolute atomic E-state index is 0.157. The molecule has 0 saturated heterocycles. The maximum absolute atomic E-state index is 10.8. The zero-order valence-corrected chi connectivity index (χ0v) is 9.69. The van der Waals surface area contributed by atoms with Crippen LogP contribution in [0.4, 0.5) is 0 Å². The maximum Gasteiger partial charge on any atom is 0.305 e. The molecule has 0 aliphatic rings. The molecule has 4 nitrogen and oxygen atoms in total. The van der Waals surface area contributed by atoms with Crippen LogP contribution < -0.4 is 0 Å². The molecule has 0 rings (SSSR count). The summed E-state index contributed by atoms with van der Waals surface area (Å²) >= 11 is 0. The molecule has 0 saturated carbocycles. The third-order valence-electron chi connectivity index (χ3n) is 2.00. The van der Waals surface area contributed by atoms with Crippen LogP contribution in [0.3, 0.4) is 0 Å². The minimum atomic E-state index is -0.179. The number of carbonyl (C=O) groups is 1. The predicted molar refractivity (Wildman–Crippen MR) is 57.4 cm³/mol. The molecule has 0 aromatic carbocycles. The minimum Gasteiger partial charge on any atom is -0.469 e. The molecule has 0 heterocycles. The Hall–Kier alpha value is -0.870. The van der Waals surface area contributed by atoms with Gasteiger partial charge in [0.2, 0.25) is 0 Å². The summed E-state index contributed by atoms with van der Waals surface area (Å²) in [5, 5.41) is 0. The predicted octanol–water partition coefficient (Wildman–Crippen LogP) is 1.89. The number of methoxy groups -OCH3 is 3. The second kappa shape index (κ2) is 9.68. The Bertz CT molecular complexity index is 185. The highest BCUT2D eigenvalue weighted by atomic mass is 16.7. The molecule has 0 amide bonds. The molecule has 15 heavy (non-hydrogen) atoms. The van der Waals surface area contributed by atoms with E-state index >= 15 is 0 Å². The van der Waals surface area contributed by atoms with Crippen LogP contribution in [-0.2, 0) is 19.0 Å². The van der Waals surface area contributed by atoms with Crippen molar-refractivity contribution in [2.75, 3.05) is 21.3 Å². The van der Waals surface area contributed by atoms with Crippen LogP contribution >= 0.6 is 0 Å². The van der Waals surface area contributed by atoms with Gasteiger partial charge in [0.25, 0.3) is 0 Å². The number of unbranched alkanes of at least 4 members (excludes halogenated alkanes) is 1. The van der Waals surface area contributed by atoms with Crippen molar-refractivity contribution in [3.8, 4) is 0 Å². The van der Waals surface area contributed by atoms with E-state index in [1.54, 1.807) is 14.2 Å². The molecule has 0 N–H and O–H groups in total. The van der Waals surface area contributed by atoms with Gasteiger partial charge in [0, 0.05) is 27.1 Å². The monoisotopic (exact) mass is 216 g/mol. The Kier molecular flexibility index (Phi) is 9.11. The van der Waals surface area contributed by atoms with Gasteiger partial charge in [0.15, 0.2) is 6.29 Å². The van der Waals surface area contributed by atoms with Gasteiger partial charge >= 0.3 is 5.97 Å². The van der Waals surface area contributed by atoms with Crippen LogP contribution in [0.25, 0.3) is 0 Å². The van der Waals surface area contributed by atoms with Crippen LogP contribution in [0, 0.1) is 0 Å². The zero-order chi connectivity index (χ0) is 11.5. The molecule has 88 valence electrons. The lowest BCUT2D eigenvalue weighted by Gasteiger charge is -2.09. The van der Waals surface area contributed by atoms with Gasteiger partial charge in [-0.25, -0.2) is 0 Å². The topological polar surface area (TPSA) is 44.8 Å². The third kappa shape index (κ3) is 8.15. The fraction of sp³-hybridized carbons (Fsp3) is 0.727. The van der Waals surface area contributed by atoms with Gasteiger partial charge in [0.05, 0.1) is 7.11 Å². The van der Waals surface area contributed by atoms with Crippen molar-refractivity contribution in [2.24, 2.45) is 0 Å². The summed E-state index contributed by atoms with van der Waals surface area (Å²) in [6, 6.07) is 0.